The summed E-state index contributed by atoms with van der Waals surface area (Å²) in [6.45, 7) is 3.38. The standard InChI is InChI=1S/C20H19ClN4O3S/c1-2-25-19(14-4-6-15(21)7-5-14)23-24-20(25)29-11-18(26)22-10-13-3-8-16-17(9-13)28-12-27-16/h3-9H,2,10-12H2,1H3,(H,22,26). The van der Waals surface area contributed by atoms with Crippen molar-refractivity contribution in [3.63, 3.8) is 0 Å². The normalized spacial score (nSPS) is 12.2. The van der Waals surface area contributed by atoms with Crippen LogP contribution in [0.3, 0.4) is 0 Å². The van der Waals surface area contributed by atoms with Gasteiger partial charge in [-0.1, -0.05) is 29.4 Å². The molecular weight excluding hydrogens is 412 g/mol. The molecule has 0 saturated carbocycles. The number of thioether (sulfide) groups is 1. The molecule has 0 unspecified atom stereocenters. The lowest BCUT2D eigenvalue weighted by Gasteiger charge is -2.08. The van der Waals surface area contributed by atoms with Crippen molar-refractivity contribution in [2.45, 2.75) is 25.2 Å². The summed E-state index contributed by atoms with van der Waals surface area (Å²) >= 11 is 7.32. The highest BCUT2D eigenvalue weighted by Crippen LogP contribution is 2.32. The van der Waals surface area contributed by atoms with E-state index in [1.165, 1.54) is 11.8 Å². The highest BCUT2D eigenvalue weighted by atomic mass is 35.5. The molecule has 0 aliphatic carbocycles. The molecule has 29 heavy (non-hydrogen) atoms. The number of benzene rings is 2. The number of rotatable bonds is 7. The van der Waals surface area contributed by atoms with Crippen molar-refractivity contribution in [1.82, 2.24) is 20.1 Å². The number of fused-ring (bicyclic) bond motifs is 1. The van der Waals surface area contributed by atoms with Gasteiger partial charge in [0.25, 0.3) is 0 Å². The van der Waals surface area contributed by atoms with Crippen molar-refractivity contribution in [2.24, 2.45) is 0 Å². The van der Waals surface area contributed by atoms with Crippen LogP contribution in [-0.4, -0.2) is 33.2 Å². The number of amides is 1. The fraction of sp³-hybridized carbons (Fsp3) is 0.250. The Bertz CT molecular complexity index is 1020. The summed E-state index contributed by atoms with van der Waals surface area (Å²) in [6.07, 6.45) is 0. The van der Waals surface area contributed by atoms with Gasteiger partial charge in [0, 0.05) is 23.7 Å². The van der Waals surface area contributed by atoms with Crippen LogP contribution in [0.5, 0.6) is 11.5 Å². The van der Waals surface area contributed by atoms with Crippen molar-refractivity contribution in [1.29, 1.82) is 0 Å². The van der Waals surface area contributed by atoms with E-state index in [-0.39, 0.29) is 18.5 Å². The zero-order valence-electron chi connectivity index (χ0n) is 15.7. The lowest BCUT2D eigenvalue weighted by atomic mass is 10.2. The maximum absolute atomic E-state index is 12.3. The first-order valence-electron chi connectivity index (χ1n) is 9.11. The number of halogens is 1. The number of hydrogen-bond donors (Lipinski definition) is 1. The highest BCUT2D eigenvalue weighted by molar-refractivity contribution is 7.99. The maximum atomic E-state index is 12.3. The van der Waals surface area contributed by atoms with Gasteiger partial charge in [0.2, 0.25) is 12.7 Å². The number of carbonyl (C=O) groups excluding carboxylic acids is 1. The predicted octanol–water partition coefficient (Wildman–Crippen LogP) is 3.76. The molecule has 0 spiro atoms. The molecule has 2 aromatic carbocycles. The molecule has 1 aliphatic rings. The molecule has 3 aromatic rings. The van der Waals surface area contributed by atoms with Crippen LogP contribution in [0.4, 0.5) is 0 Å². The zero-order chi connectivity index (χ0) is 20.2. The molecule has 0 radical (unpaired) electrons. The summed E-state index contributed by atoms with van der Waals surface area (Å²) < 4.78 is 12.6. The van der Waals surface area contributed by atoms with Crippen LogP contribution in [0.25, 0.3) is 11.4 Å². The molecule has 1 aromatic heterocycles. The molecule has 0 atom stereocenters. The van der Waals surface area contributed by atoms with E-state index in [2.05, 4.69) is 15.5 Å². The SMILES string of the molecule is CCn1c(SCC(=O)NCc2ccc3c(c2)OCO3)nnc1-c1ccc(Cl)cc1. The van der Waals surface area contributed by atoms with E-state index in [4.69, 9.17) is 21.1 Å². The highest BCUT2D eigenvalue weighted by Gasteiger charge is 2.16. The second kappa shape index (κ2) is 8.75. The van der Waals surface area contributed by atoms with Gasteiger partial charge in [0.15, 0.2) is 22.5 Å². The molecule has 0 saturated heterocycles. The number of carbonyl (C=O) groups is 1. The van der Waals surface area contributed by atoms with Crippen molar-refractivity contribution in [3.8, 4) is 22.9 Å². The van der Waals surface area contributed by atoms with E-state index in [1.807, 2.05) is 54.0 Å². The molecule has 1 aliphatic heterocycles. The maximum Gasteiger partial charge on any atom is 0.231 e. The third-order valence-corrected chi connectivity index (χ3v) is 5.61. The summed E-state index contributed by atoms with van der Waals surface area (Å²) in [4.78, 5) is 12.3. The topological polar surface area (TPSA) is 78.3 Å². The quantitative estimate of drug-likeness (QED) is 0.575. The molecule has 7 nitrogen and oxygen atoms in total. The Morgan fingerprint density at radius 3 is 2.76 bits per heavy atom. The fourth-order valence-corrected chi connectivity index (χ4v) is 3.88. The van der Waals surface area contributed by atoms with Crippen LogP contribution in [0.15, 0.2) is 47.6 Å². The minimum Gasteiger partial charge on any atom is -0.454 e. The van der Waals surface area contributed by atoms with Crippen LogP contribution in [0, 0.1) is 0 Å². The molecule has 150 valence electrons. The van der Waals surface area contributed by atoms with Crippen molar-refractivity contribution in [2.75, 3.05) is 12.5 Å². The van der Waals surface area contributed by atoms with E-state index in [1.54, 1.807) is 0 Å². The van der Waals surface area contributed by atoms with Gasteiger partial charge >= 0.3 is 0 Å². The van der Waals surface area contributed by atoms with Gasteiger partial charge in [0.1, 0.15) is 0 Å². The first-order chi connectivity index (χ1) is 14.1. The fourth-order valence-electron chi connectivity index (χ4n) is 2.93. The minimum absolute atomic E-state index is 0.0774. The Morgan fingerprint density at radius 1 is 1.17 bits per heavy atom. The summed E-state index contributed by atoms with van der Waals surface area (Å²) in [5.41, 5.74) is 1.89. The van der Waals surface area contributed by atoms with Crippen molar-refractivity contribution < 1.29 is 14.3 Å². The smallest absolute Gasteiger partial charge is 0.231 e. The molecule has 4 rings (SSSR count). The number of nitrogens with one attached hydrogen (secondary N) is 1. The first-order valence-corrected chi connectivity index (χ1v) is 10.5. The summed E-state index contributed by atoms with van der Waals surface area (Å²) in [6, 6.07) is 13.1. The molecular formula is C20H19ClN4O3S. The predicted molar refractivity (Wildman–Crippen MR) is 111 cm³/mol. The van der Waals surface area contributed by atoms with Gasteiger partial charge in [-0.25, -0.2) is 0 Å². The number of ether oxygens (including phenoxy) is 2. The largest absolute Gasteiger partial charge is 0.454 e. The van der Waals surface area contributed by atoms with Gasteiger partial charge in [-0.15, -0.1) is 10.2 Å². The zero-order valence-corrected chi connectivity index (χ0v) is 17.3. The van der Waals surface area contributed by atoms with Gasteiger partial charge in [-0.3, -0.25) is 4.79 Å². The lowest BCUT2D eigenvalue weighted by Crippen LogP contribution is -2.24. The van der Waals surface area contributed by atoms with E-state index < -0.39 is 0 Å². The Kier molecular flexibility index (Phi) is 5.92. The number of nitrogens with zero attached hydrogens (tertiary/aromatic N) is 3. The van der Waals surface area contributed by atoms with E-state index in [0.29, 0.717) is 29.0 Å². The van der Waals surface area contributed by atoms with Crippen molar-refractivity contribution in [3.05, 3.63) is 53.1 Å². The molecule has 0 fully saturated rings. The number of aromatic nitrogens is 3. The number of hydrogen-bond acceptors (Lipinski definition) is 6. The third-order valence-electron chi connectivity index (χ3n) is 4.39. The van der Waals surface area contributed by atoms with E-state index >= 15 is 0 Å². The second-order valence-corrected chi connectivity index (χ2v) is 7.69. The average Bonchev–Trinajstić information content (AvgIpc) is 3.37. The van der Waals surface area contributed by atoms with Crippen LogP contribution in [0.2, 0.25) is 5.02 Å². The molecule has 2 heterocycles. The van der Waals surface area contributed by atoms with Crippen LogP contribution in [0.1, 0.15) is 12.5 Å². The molecule has 0 bridgehead atoms. The molecule has 1 N–H and O–H groups in total. The molecule has 9 heteroatoms. The van der Waals surface area contributed by atoms with Gasteiger partial charge in [0.05, 0.1) is 5.75 Å². The van der Waals surface area contributed by atoms with Gasteiger partial charge in [-0.2, -0.15) is 0 Å². The van der Waals surface area contributed by atoms with Gasteiger partial charge < -0.3 is 19.4 Å². The van der Waals surface area contributed by atoms with Crippen LogP contribution < -0.4 is 14.8 Å². The third kappa shape index (κ3) is 4.49. The Hall–Kier alpha value is -2.71. The van der Waals surface area contributed by atoms with E-state index in [0.717, 1.165) is 22.7 Å². The van der Waals surface area contributed by atoms with Crippen LogP contribution >= 0.6 is 23.4 Å². The lowest BCUT2D eigenvalue weighted by molar-refractivity contribution is -0.118. The minimum atomic E-state index is -0.0774. The average molecular weight is 431 g/mol. The summed E-state index contributed by atoms with van der Waals surface area (Å²) in [5.74, 6) is 2.37. The van der Waals surface area contributed by atoms with Crippen molar-refractivity contribution >= 4 is 29.3 Å². The first kappa shape index (κ1) is 19.6. The van der Waals surface area contributed by atoms with E-state index in [9.17, 15) is 4.79 Å². The molecule has 1 amide bonds. The Balaban J connectivity index is 1.35. The summed E-state index contributed by atoms with van der Waals surface area (Å²) in [7, 11) is 0. The summed E-state index contributed by atoms with van der Waals surface area (Å²) in [5, 5.41) is 12.8. The van der Waals surface area contributed by atoms with Crippen LogP contribution in [-0.2, 0) is 17.9 Å². The second-order valence-electron chi connectivity index (χ2n) is 6.31. The Morgan fingerprint density at radius 2 is 1.97 bits per heavy atom. The monoisotopic (exact) mass is 430 g/mol. The Labute approximate surface area is 177 Å². The van der Waals surface area contributed by atoms with Gasteiger partial charge in [-0.05, 0) is 48.9 Å².